The van der Waals surface area contributed by atoms with E-state index in [1.165, 1.54) is 40.9 Å². The van der Waals surface area contributed by atoms with Gasteiger partial charge in [0.1, 0.15) is 6.04 Å². The van der Waals surface area contributed by atoms with E-state index in [0.717, 1.165) is 0 Å². The maximum Gasteiger partial charge on any atom is 0.287 e. The van der Waals surface area contributed by atoms with Gasteiger partial charge in [-0.15, -0.1) is 0 Å². The summed E-state index contributed by atoms with van der Waals surface area (Å²) in [5.41, 5.74) is 0.380. The average molecular weight is 445 g/mol. The molecule has 10 heteroatoms. The molecule has 0 aliphatic carbocycles. The van der Waals surface area contributed by atoms with Crippen LogP contribution in [0.3, 0.4) is 0 Å². The first-order valence-electron chi connectivity index (χ1n) is 9.87. The van der Waals surface area contributed by atoms with E-state index < -0.39 is 22.0 Å². The highest BCUT2D eigenvalue weighted by Gasteiger charge is 2.34. The van der Waals surface area contributed by atoms with Gasteiger partial charge < -0.3 is 14.6 Å². The number of nitrogens with zero attached hydrogens (tertiary/aromatic N) is 3. The van der Waals surface area contributed by atoms with E-state index in [0.29, 0.717) is 5.56 Å². The lowest BCUT2D eigenvalue weighted by Gasteiger charge is -2.36. The summed E-state index contributed by atoms with van der Waals surface area (Å²) in [7, 11) is -3.72. The van der Waals surface area contributed by atoms with Crippen molar-refractivity contribution in [3.63, 3.8) is 0 Å². The zero-order chi connectivity index (χ0) is 22.6. The summed E-state index contributed by atoms with van der Waals surface area (Å²) in [6.07, 6.45) is 1.38. The molecule has 1 fully saturated rings. The third-order valence-electron chi connectivity index (χ3n) is 5.14. The molecule has 1 atom stereocenters. The fourth-order valence-electron chi connectivity index (χ4n) is 3.33. The molecule has 31 heavy (non-hydrogen) atoms. The van der Waals surface area contributed by atoms with Gasteiger partial charge in [0, 0.05) is 26.2 Å². The number of hydrogen-bond acceptors (Lipinski definition) is 6. The SMILES string of the molecule is CC(C)[C@H](NC(=O)c1ccco1)C(=O)N1CCN(S(=O)(=O)c2ccc(C#N)cc2)CC1. The molecule has 2 heterocycles. The lowest BCUT2D eigenvalue weighted by Crippen LogP contribution is -2.57. The van der Waals surface area contributed by atoms with Crippen LogP contribution in [0.15, 0.2) is 52.0 Å². The van der Waals surface area contributed by atoms with E-state index in [1.807, 2.05) is 19.9 Å². The molecule has 9 nitrogen and oxygen atoms in total. The molecule has 2 amide bonds. The van der Waals surface area contributed by atoms with Gasteiger partial charge in [-0.2, -0.15) is 9.57 Å². The molecule has 1 aromatic carbocycles. The Morgan fingerprint density at radius 3 is 2.26 bits per heavy atom. The Labute approximate surface area is 181 Å². The first-order chi connectivity index (χ1) is 14.7. The molecule has 164 valence electrons. The molecule has 0 bridgehead atoms. The van der Waals surface area contributed by atoms with Gasteiger partial charge in [-0.3, -0.25) is 9.59 Å². The molecule has 1 aliphatic rings. The van der Waals surface area contributed by atoms with E-state index in [2.05, 4.69) is 5.32 Å². The standard InChI is InChI=1S/C21H24N4O5S/c1-15(2)19(23-20(26)18-4-3-13-30-18)21(27)24-9-11-25(12-10-24)31(28,29)17-7-5-16(14-22)6-8-17/h3-8,13,15,19H,9-12H2,1-2H3,(H,23,26)/t19-/m0/s1. The highest BCUT2D eigenvalue weighted by Crippen LogP contribution is 2.19. The lowest BCUT2D eigenvalue weighted by atomic mass is 10.0. The molecule has 3 rings (SSSR count). The predicted molar refractivity (Wildman–Crippen MR) is 111 cm³/mol. The quantitative estimate of drug-likeness (QED) is 0.719. The van der Waals surface area contributed by atoms with Gasteiger partial charge in [-0.05, 0) is 42.3 Å². The van der Waals surface area contributed by atoms with Crippen LogP contribution in [-0.2, 0) is 14.8 Å². The minimum Gasteiger partial charge on any atom is -0.459 e. The van der Waals surface area contributed by atoms with E-state index in [9.17, 15) is 18.0 Å². The molecule has 0 saturated carbocycles. The van der Waals surface area contributed by atoms with Gasteiger partial charge in [0.15, 0.2) is 5.76 Å². The molecule has 1 aromatic heterocycles. The van der Waals surface area contributed by atoms with E-state index >= 15 is 0 Å². The maximum absolute atomic E-state index is 13.0. The van der Waals surface area contributed by atoms with Crippen LogP contribution in [0, 0.1) is 17.2 Å². The summed E-state index contributed by atoms with van der Waals surface area (Å²) >= 11 is 0. The van der Waals surface area contributed by atoms with Crippen molar-refractivity contribution in [2.45, 2.75) is 24.8 Å². The van der Waals surface area contributed by atoms with Gasteiger partial charge in [-0.25, -0.2) is 8.42 Å². The van der Waals surface area contributed by atoms with Gasteiger partial charge in [0.25, 0.3) is 5.91 Å². The van der Waals surface area contributed by atoms with Crippen molar-refractivity contribution in [2.24, 2.45) is 5.92 Å². The number of benzene rings is 1. The summed E-state index contributed by atoms with van der Waals surface area (Å²) in [6, 6.07) is 10.1. The van der Waals surface area contributed by atoms with Gasteiger partial charge in [0.2, 0.25) is 15.9 Å². The van der Waals surface area contributed by atoms with Crippen molar-refractivity contribution >= 4 is 21.8 Å². The van der Waals surface area contributed by atoms with Crippen LogP contribution in [0.2, 0.25) is 0 Å². The second-order valence-electron chi connectivity index (χ2n) is 7.54. The third kappa shape index (κ3) is 4.95. The number of amides is 2. The second kappa shape index (κ2) is 9.32. The zero-order valence-electron chi connectivity index (χ0n) is 17.3. The lowest BCUT2D eigenvalue weighted by molar-refractivity contribution is -0.135. The summed E-state index contributed by atoms with van der Waals surface area (Å²) in [5.74, 6) is -0.770. The second-order valence-corrected chi connectivity index (χ2v) is 9.48. The number of piperazine rings is 1. The Morgan fingerprint density at radius 2 is 1.74 bits per heavy atom. The van der Waals surface area contributed by atoms with Crippen LogP contribution < -0.4 is 5.32 Å². The van der Waals surface area contributed by atoms with E-state index in [1.54, 1.807) is 11.0 Å². The molecule has 0 radical (unpaired) electrons. The first kappa shape index (κ1) is 22.5. The van der Waals surface area contributed by atoms with Gasteiger partial charge in [-0.1, -0.05) is 13.8 Å². The zero-order valence-corrected chi connectivity index (χ0v) is 18.1. The summed E-state index contributed by atoms with van der Waals surface area (Å²) < 4.78 is 32.1. The largest absolute Gasteiger partial charge is 0.459 e. The Hall–Kier alpha value is -3.16. The van der Waals surface area contributed by atoms with Crippen LogP contribution in [0.25, 0.3) is 0 Å². The van der Waals surface area contributed by atoms with Crippen molar-refractivity contribution in [2.75, 3.05) is 26.2 Å². The average Bonchev–Trinajstić information content (AvgIpc) is 3.32. The van der Waals surface area contributed by atoms with Gasteiger partial charge in [0.05, 0.1) is 22.8 Å². The summed E-state index contributed by atoms with van der Waals surface area (Å²) in [4.78, 5) is 27.0. The van der Waals surface area contributed by atoms with Crippen molar-refractivity contribution in [3.8, 4) is 6.07 Å². The van der Waals surface area contributed by atoms with Crippen molar-refractivity contribution < 1.29 is 22.4 Å². The monoisotopic (exact) mass is 444 g/mol. The number of rotatable bonds is 6. The van der Waals surface area contributed by atoms with Crippen LogP contribution in [0.1, 0.15) is 30.0 Å². The minimum absolute atomic E-state index is 0.108. The number of nitrogens with one attached hydrogen (secondary N) is 1. The molecule has 1 aliphatic heterocycles. The number of nitriles is 1. The molecule has 2 aromatic rings. The number of carbonyl (C=O) groups excluding carboxylic acids is 2. The first-order valence-corrected chi connectivity index (χ1v) is 11.3. The van der Waals surface area contributed by atoms with E-state index in [-0.39, 0.29) is 48.7 Å². The van der Waals surface area contributed by atoms with Crippen molar-refractivity contribution in [1.82, 2.24) is 14.5 Å². The van der Waals surface area contributed by atoms with Gasteiger partial charge >= 0.3 is 0 Å². The number of carbonyl (C=O) groups is 2. The Morgan fingerprint density at radius 1 is 1.10 bits per heavy atom. The molecule has 1 saturated heterocycles. The Bertz CT molecular complexity index is 1060. The maximum atomic E-state index is 13.0. The van der Waals surface area contributed by atoms with Crippen LogP contribution in [0.4, 0.5) is 0 Å². The highest BCUT2D eigenvalue weighted by atomic mass is 32.2. The fraction of sp³-hybridized carbons (Fsp3) is 0.381. The molecular weight excluding hydrogens is 420 g/mol. The van der Waals surface area contributed by atoms with Crippen molar-refractivity contribution in [3.05, 3.63) is 54.0 Å². The summed E-state index contributed by atoms with van der Waals surface area (Å²) in [5, 5.41) is 11.6. The van der Waals surface area contributed by atoms with E-state index in [4.69, 9.17) is 9.68 Å². The molecule has 0 unspecified atom stereocenters. The number of sulfonamides is 1. The molecular formula is C21H24N4O5S. The molecule has 1 N–H and O–H groups in total. The predicted octanol–water partition coefficient (Wildman–Crippen LogP) is 1.44. The molecule has 0 spiro atoms. The fourth-order valence-corrected chi connectivity index (χ4v) is 4.75. The normalized spacial score (nSPS) is 16.0. The third-order valence-corrected chi connectivity index (χ3v) is 7.05. The van der Waals surface area contributed by atoms with Crippen LogP contribution in [0.5, 0.6) is 0 Å². The smallest absolute Gasteiger partial charge is 0.287 e. The topological polar surface area (TPSA) is 124 Å². The Balaban J connectivity index is 1.64. The van der Waals surface area contributed by atoms with Crippen LogP contribution in [-0.4, -0.2) is 61.7 Å². The van der Waals surface area contributed by atoms with Crippen molar-refractivity contribution in [1.29, 1.82) is 5.26 Å². The minimum atomic E-state index is -3.72. The number of hydrogen-bond donors (Lipinski definition) is 1. The summed E-state index contributed by atoms with van der Waals surface area (Å²) in [6.45, 7) is 4.38. The Kier molecular flexibility index (Phi) is 6.77. The highest BCUT2D eigenvalue weighted by molar-refractivity contribution is 7.89. The van der Waals surface area contributed by atoms with Crippen LogP contribution >= 0.6 is 0 Å². The number of furan rings is 1.